The van der Waals surface area contributed by atoms with Gasteiger partial charge in [0.15, 0.2) is 6.39 Å². The molecule has 8 nitrogen and oxygen atoms in total. The average molecular weight is 263 g/mol. The number of phenols is 1. The number of aromatic nitrogens is 1. The van der Waals surface area contributed by atoms with Crippen molar-refractivity contribution >= 4 is 17.3 Å². The van der Waals surface area contributed by atoms with Crippen LogP contribution in [0.4, 0.5) is 11.4 Å². The molecule has 0 bridgehead atoms. The lowest BCUT2D eigenvalue weighted by atomic mass is 10.2. The van der Waals surface area contributed by atoms with Gasteiger partial charge in [-0.05, 0) is 13.0 Å². The molecule has 0 fully saturated rings. The van der Waals surface area contributed by atoms with Crippen LogP contribution in [0, 0.1) is 17.0 Å². The first-order valence-electron chi connectivity index (χ1n) is 5.18. The number of amides is 1. The summed E-state index contributed by atoms with van der Waals surface area (Å²) in [5.41, 5.74) is 0.177. The number of nitrogens with zero attached hydrogens (tertiary/aromatic N) is 2. The Morgan fingerprint density at radius 2 is 2.26 bits per heavy atom. The lowest BCUT2D eigenvalue weighted by molar-refractivity contribution is -0.384. The molecule has 2 aromatic rings. The van der Waals surface area contributed by atoms with Crippen molar-refractivity contribution in [3.63, 3.8) is 0 Å². The minimum Gasteiger partial charge on any atom is -0.506 e. The van der Waals surface area contributed by atoms with Crippen LogP contribution in [0.1, 0.15) is 16.2 Å². The molecule has 0 radical (unpaired) electrons. The number of nitro groups is 1. The molecule has 98 valence electrons. The summed E-state index contributed by atoms with van der Waals surface area (Å²) in [5, 5.41) is 22.5. The van der Waals surface area contributed by atoms with Gasteiger partial charge in [-0.3, -0.25) is 14.9 Å². The number of oxazole rings is 1. The Hall–Kier alpha value is -2.90. The van der Waals surface area contributed by atoms with Gasteiger partial charge in [0.05, 0.1) is 22.4 Å². The highest BCUT2D eigenvalue weighted by atomic mass is 16.6. The summed E-state index contributed by atoms with van der Waals surface area (Å²) in [6.07, 6.45) is 1.12. The number of nitrogens with one attached hydrogen (secondary N) is 1. The van der Waals surface area contributed by atoms with Gasteiger partial charge >= 0.3 is 0 Å². The maximum absolute atomic E-state index is 11.8. The number of hydrogen-bond acceptors (Lipinski definition) is 6. The monoisotopic (exact) mass is 263 g/mol. The zero-order valence-corrected chi connectivity index (χ0v) is 9.78. The number of benzene rings is 1. The van der Waals surface area contributed by atoms with Crippen LogP contribution >= 0.6 is 0 Å². The zero-order chi connectivity index (χ0) is 14.0. The lowest BCUT2D eigenvalue weighted by Gasteiger charge is -2.05. The van der Waals surface area contributed by atoms with Gasteiger partial charge in [-0.25, -0.2) is 4.98 Å². The fourth-order valence-electron chi connectivity index (χ4n) is 1.44. The molecule has 8 heteroatoms. The van der Waals surface area contributed by atoms with E-state index in [1.54, 1.807) is 6.92 Å². The number of phenolic OH excluding ortho intramolecular Hbond substituents is 1. The summed E-state index contributed by atoms with van der Waals surface area (Å²) in [4.78, 5) is 25.4. The third-order valence-electron chi connectivity index (χ3n) is 2.39. The van der Waals surface area contributed by atoms with E-state index in [2.05, 4.69) is 10.3 Å². The van der Waals surface area contributed by atoms with Crippen LogP contribution in [0.15, 0.2) is 29.0 Å². The minimum absolute atomic E-state index is 0.0118. The average Bonchev–Trinajstić information content (AvgIpc) is 2.77. The molecule has 0 aliphatic rings. The van der Waals surface area contributed by atoms with Crippen LogP contribution in [-0.4, -0.2) is 20.9 Å². The van der Waals surface area contributed by atoms with Gasteiger partial charge in [0.1, 0.15) is 5.75 Å². The highest BCUT2D eigenvalue weighted by Gasteiger charge is 2.17. The van der Waals surface area contributed by atoms with E-state index in [1.807, 2.05) is 0 Å². The summed E-state index contributed by atoms with van der Waals surface area (Å²) in [6, 6.07) is 3.35. The molecule has 0 saturated heterocycles. The third kappa shape index (κ3) is 2.51. The molecule has 1 amide bonds. The third-order valence-corrected chi connectivity index (χ3v) is 2.39. The minimum atomic E-state index is -0.647. The number of anilines is 1. The van der Waals surface area contributed by atoms with Crippen LogP contribution in [0.5, 0.6) is 5.75 Å². The van der Waals surface area contributed by atoms with E-state index in [4.69, 9.17) is 4.42 Å². The number of non-ortho nitro benzene ring substituents is 1. The highest BCUT2D eigenvalue weighted by molar-refractivity contribution is 6.03. The smallest absolute Gasteiger partial charge is 0.293 e. The summed E-state index contributed by atoms with van der Waals surface area (Å²) in [6.45, 7) is 1.59. The number of carbonyl (C=O) groups is 1. The van der Waals surface area contributed by atoms with Gasteiger partial charge in [0, 0.05) is 6.07 Å². The van der Waals surface area contributed by atoms with Crippen molar-refractivity contribution in [1.29, 1.82) is 0 Å². The van der Waals surface area contributed by atoms with Crippen LogP contribution in [0.25, 0.3) is 0 Å². The topological polar surface area (TPSA) is 119 Å². The maximum atomic E-state index is 11.8. The summed E-state index contributed by atoms with van der Waals surface area (Å²) >= 11 is 0. The molecule has 19 heavy (non-hydrogen) atoms. The maximum Gasteiger partial charge on any atom is 0.293 e. The quantitative estimate of drug-likeness (QED) is 0.495. The molecule has 2 N–H and O–H groups in total. The normalized spacial score (nSPS) is 10.2. The molecule has 0 unspecified atom stereocenters. The Balaban J connectivity index is 2.23. The molecule has 2 rings (SSSR count). The van der Waals surface area contributed by atoms with Crippen molar-refractivity contribution < 1.29 is 19.2 Å². The second-order valence-corrected chi connectivity index (χ2v) is 3.68. The van der Waals surface area contributed by atoms with Crippen molar-refractivity contribution in [2.45, 2.75) is 6.92 Å². The van der Waals surface area contributed by atoms with Gasteiger partial charge in [-0.2, -0.15) is 0 Å². The molecule has 0 aliphatic carbocycles. The Bertz CT molecular complexity index is 650. The fourth-order valence-corrected chi connectivity index (χ4v) is 1.44. The molecule has 0 saturated carbocycles. The number of aryl methyl sites for hydroxylation is 1. The van der Waals surface area contributed by atoms with Gasteiger partial charge in [0.25, 0.3) is 11.6 Å². The first-order valence-corrected chi connectivity index (χ1v) is 5.18. The number of hydrogen-bond donors (Lipinski definition) is 2. The number of aromatic hydroxyl groups is 1. The molecule has 0 aliphatic heterocycles. The Labute approximate surface area is 106 Å². The predicted octanol–water partition coefficient (Wildman–Crippen LogP) is 1.85. The number of carbonyl (C=O) groups excluding carboxylic acids is 1. The van der Waals surface area contributed by atoms with Gasteiger partial charge < -0.3 is 14.8 Å². The molecule has 0 atom stereocenters. The Morgan fingerprint density at radius 1 is 1.53 bits per heavy atom. The summed E-state index contributed by atoms with van der Waals surface area (Å²) < 4.78 is 4.89. The first kappa shape index (κ1) is 12.6. The van der Waals surface area contributed by atoms with Crippen LogP contribution in [-0.2, 0) is 0 Å². The second-order valence-electron chi connectivity index (χ2n) is 3.68. The van der Waals surface area contributed by atoms with E-state index >= 15 is 0 Å². The Morgan fingerprint density at radius 3 is 2.79 bits per heavy atom. The number of rotatable bonds is 3. The van der Waals surface area contributed by atoms with Gasteiger partial charge in [-0.1, -0.05) is 0 Å². The lowest BCUT2D eigenvalue weighted by Crippen LogP contribution is -2.12. The van der Waals surface area contributed by atoms with Crippen molar-refractivity contribution in [3.8, 4) is 5.75 Å². The Kier molecular flexibility index (Phi) is 3.15. The molecule has 1 aromatic heterocycles. The highest BCUT2D eigenvalue weighted by Crippen LogP contribution is 2.28. The van der Waals surface area contributed by atoms with E-state index in [0.717, 1.165) is 12.5 Å². The predicted molar refractivity (Wildman–Crippen MR) is 64.0 cm³/mol. The van der Waals surface area contributed by atoms with Crippen molar-refractivity contribution in [3.05, 3.63) is 46.2 Å². The van der Waals surface area contributed by atoms with E-state index in [9.17, 15) is 20.0 Å². The molecule has 1 heterocycles. The molecule has 1 aromatic carbocycles. The summed E-state index contributed by atoms with van der Waals surface area (Å²) in [5.74, 6) is -0.989. The van der Waals surface area contributed by atoms with Crippen molar-refractivity contribution in [2.75, 3.05) is 5.32 Å². The van der Waals surface area contributed by atoms with Crippen molar-refractivity contribution in [1.82, 2.24) is 4.98 Å². The van der Waals surface area contributed by atoms with Crippen LogP contribution in [0.2, 0.25) is 0 Å². The van der Waals surface area contributed by atoms with E-state index in [-0.39, 0.29) is 17.1 Å². The van der Waals surface area contributed by atoms with Gasteiger partial charge in [0.2, 0.25) is 5.76 Å². The standard InChI is InChI=1S/C11H9N3O5/c1-6-10(19-5-12-6)11(16)13-8-3-2-7(14(17)18)4-9(8)15/h2-5,15H,1H3,(H,13,16). The molecule has 0 spiro atoms. The van der Waals surface area contributed by atoms with Crippen molar-refractivity contribution in [2.24, 2.45) is 0 Å². The van der Waals surface area contributed by atoms with Crippen LogP contribution < -0.4 is 5.32 Å². The van der Waals surface area contributed by atoms with Crippen LogP contribution in [0.3, 0.4) is 0 Å². The first-order chi connectivity index (χ1) is 8.99. The van der Waals surface area contributed by atoms with E-state index in [0.29, 0.717) is 5.69 Å². The van der Waals surface area contributed by atoms with Gasteiger partial charge in [-0.15, -0.1) is 0 Å². The largest absolute Gasteiger partial charge is 0.506 e. The van der Waals surface area contributed by atoms with E-state index < -0.39 is 16.6 Å². The second kappa shape index (κ2) is 4.77. The number of nitro benzene ring substituents is 1. The van der Waals surface area contributed by atoms with E-state index in [1.165, 1.54) is 12.1 Å². The molecular weight excluding hydrogens is 254 g/mol. The zero-order valence-electron chi connectivity index (χ0n) is 9.78. The SMILES string of the molecule is Cc1ncoc1C(=O)Nc1ccc([N+](=O)[O-])cc1O. The summed E-state index contributed by atoms with van der Waals surface area (Å²) in [7, 11) is 0. The fraction of sp³-hybridized carbons (Fsp3) is 0.0909. The molecular formula is C11H9N3O5.